The highest BCUT2D eigenvalue weighted by Gasteiger charge is 2.26. The molecule has 23 heavy (non-hydrogen) atoms. The molecule has 1 fully saturated rings. The molecular formula is C16H17BrClN3O2. The van der Waals surface area contributed by atoms with Gasteiger partial charge < -0.3 is 10.0 Å². The minimum absolute atomic E-state index is 0.0979. The van der Waals surface area contributed by atoms with Crippen LogP contribution < -0.4 is 0 Å². The Morgan fingerprint density at radius 1 is 1.43 bits per heavy atom. The maximum absolute atomic E-state index is 12.8. The summed E-state index contributed by atoms with van der Waals surface area (Å²) in [6.07, 6.45) is 3.53. The topological polar surface area (TPSA) is 69.2 Å². The fraction of sp³-hybridized carbons (Fsp3) is 0.375. The fourth-order valence-corrected chi connectivity index (χ4v) is 3.21. The third-order valence-corrected chi connectivity index (χ3v) is 4.92. The fourth-order valence-electron chi connectivity index (χ4n) is 2.65. The SMILES string of the molecule is O=C(c1cc(Br)n[nH]1)N(Cc1ccc(O)cc1Cl)CC1CCC1. The smallest absolute Gasteiger partial charge is 0.272 e. The molecule has 1 aliphatic carbocycles. The predicted molar refractivity (Wildman–Crippen MR) is 91.5 cm³/mol. The van der Waals surface area contributed by atoms with E-state index in [4.69, 9.17) is 11.6 Å². The number of benzene rings is 1. The lowest BCUT2D eigenvalue weighted by Gasteiger charge is -2.32. The van der Waals surface area contributed by atoms with Gasteiger partial charge in [-0.1, -0.05) is 24.1 Å². The van der Waals surface area contributed by atoms with Crippen molar-refractivity contribution in [1.29, 1.82) is 0 Å². The van der Waals surface area contributed by atoms with Crippen LogP contribution in [0.4, 0.5) is 0 Å². The number of phenols is 1. The zero-order valence-corrected chi connectivity index (χ0v) is 14.8. The van der Waals surface area contributed by atoms with E-state index in [1.165, 1.54) is 12.5 Å². The second-order valence-corrected chi connectivity index (χ2v) is 7.08. The Kier molecular flexibility index (Phi) is 4.92. The summed E-state index contributed by atoms with van der Waals surface area (Å²) in [4.78, 5) is 14.6. The van der Waals surface area contributed by atoms with Gasteiger partial charge in [0.1, 0.15) is 16.0 Å². The van der Waals surface area contributed by atoms with Gasteiger partial charge in [-0.05, 0) is 52.4 Å². The zero-order chi connectivity index (χ0) is 16.4. The number of halogens is 2. The van der Waals surface area contributed by atoms with Gasteiger partial charge in [0.15, 0.2) is 0 Å². The van der Waals surface area contributed by atoms with Gasteiger partial charge in [-0.25, -0.2) is 0 Å². The Labute approximate surface area is 147 Å². The summed E-state index contributed by atoms with van der Waals surface area (Å²) >= 11 is 9.44. The largest absolute Gasteiger partial charge is 0.508 e. The van der Waals surface area contributed by atoms with Crippen LogP contribution in [0.15, 0.2) is 28.9 Å². The monoisotopic (exact) mass is 397 g/mol. The number of aromatic hydroxyl groups is 1. The lowest BCUT2D eigenvalue weighted by atomic mass is 9.85. The van der Waals surface area contributed by atoms with E-state index in [0.29, 0.717) is 34.3 Å². The number of hydrogen-bond donors (Lipinski definition) is 2. The summed E-state index contributed by atoms with van der Waals surface area (Å²) in [6, 6.07) is 6.51. The molecule has 1 amide bonds. The molecule has 0 atom stereocenters. The first kappa shape index (κ1) is 16.3. The van der Waals surface area contributed by atoms with Gasteiger partial charge in [0, 0.05) is 24.2 Å². The van der Waals surface area contributed by atoms with Crippen LogP contribution in [0.2, 0.25) is 5.02 Å². The summed E-state index contributed by atoms with van der Waals surface area (Å²) in [7, 11) is 0. The van der Waals surface area contributed by atoms with E-state index in [9.17, 15) is 9.90 Å². The van der Waals surface area contributed by atoms with Crippen molar-refractivity contribution in [2.24, 2.45) is 5.92 Å². The Morgan fingerprint density at radius 2 is 2.22 bits per heavy atom. The maximum atomic E-state index is 12.8. The van der Waals surface area contributed by atoms with Crippen molar-refractivity contribution in [2.45, 2.75) is 25.8 Å². The van der Waals surface area contributed by atoms with Crippen LogP contribution in [-0.2, 0) is 6.54 Å². The molecule has 0 unspecified atom stereocenters. The maximum Gasteiger partial charge on any atom is 0.272 e. The van der Waals surface area contributed by atoms with Crippen molar-refractivity contribution >= 4 is 33.4 Å². The molecule has 7 heteroatoms. The van der Waals surface area contributed by atoms with Gasteiger partial charge in [0.05, 0.1) is 0 Å². The zero-order valence-electron chi connectivity index (χ0n) is 12.4. The number of carbonyl (C=O) groups excluding carboxylic acids is 1. The number of hydrogen-bond acceptors (Lipinski definition) is 3. The van der Waals surface area contributed by atoms with Crippen LogP contribution in [0.25, 0.3) is 0 Å². The van der Waals surface area contributed by atoms with Crippen LogP contribution in [0.3, 0.4) is 0 Å². The van der Waals surface area contributed by atoms with E-state index >= 15 is 0 Å². The summed E-state index contributed by atoms with van der Waals surface area (Å²) in [5, 5.41) is 16.6. The molecule has 1 aromatic carbocycles. The predicted octanol–water partition coefficient (Wildman–Crippen LogP) is 3.97. The number of phenolic OH excluding ortho intramolecular Hbond substituents is 1. The first-order chi connectivity index (χ1) is 11.0. The van der Waals surface area contributed by atoms with E-state index in [1.807, 2.05) is 0 Å². The van der Waals surface area contributed by atoms with Gasteiger partial charge in [-0.15, -0.1) is 0 Å². The van der Waals surface area contributed by atoms with Crippen LogP contribution in [-0.4, -0.2) is 32.7 Å². The molecule has 5 nitrogen and oxygen atoms in total. The molecule has 0 bridgehead atoms. The van der Waals surface area contributed by atoms with E-state index in [-0.39, 0.29) is 11.7 Å². The summed E-state index contributed by atoms with van der Waals surface area (Å²) in [5.41, 5.74) is 1.27. The molecule has 2 aromatic rings. The summed E-state index contributed by atoms with van der Waals surface area (Å²) in [5.74, 6) is 0.563. The van der Waals surface area contributed by atoms with E-state index < -0.39 is 0 Å². The third kappa shape index (κ3) is 3.87. The van der Waals surface area contributed by atoms with Crippen molar-refractivity contribution in [3.8, 4) is 5.75 Å². The summed E-state index contributed by atoms with van der Waals surface area (Å²) in [6.45, 7) is 1.11. The molecule has 0 spiro atoms. The number of amides is 1. The average Bonchev–Trinajstić information content (AvgIpc) is 2.89. The molecule has 1 saturated carbocycles. The third-order valence-electron chi connectivity index (χ3n) is 4.17. The van der Waals surface area contributed by atoms with Gasteiger partial charge >= 0.3 is 0 Å². The van der Waals surface area contributed by atoms with Crippen LogP contribution in [0, 0.1) is 5.92 Å². The minimum atomic E-state index is -0.0979. The molecule has 0 aliphatic heterocycles. The molecule has 0 radical (unpaired) electrons. The number of aromatic nitrogens is 2. The second-order valence-electron chi connectivity index (χ2n) is 5.86. The highest BCUT2D eigenvalue weighted by molar-refractivity contribution is 9.10. The molecule has 0 saturated heterocycles. The number of nitrogens with zero attached hydrogens (tertiary/aromatic N) is 2. The Hall–Kier alpha value is -1.53. The molecule has 2 N–H and O–H groups in total. The molecule has 122 valence electrons. The van der Waals surface area contributed by atoms with E-state index in [0.717, 1.165) is 18.4 Å². The molecule has 1 heterocycles. The summed E-state index contributed by atoms with van der Waals surface area (Å²) < 4.78 is 0.604. The standard InChI is InChI=1S/C16H17BrClN3O2/c17-15-7-14(19-20-15)16(23)21(8-10-2-1-3-10)9-11-4-5-12(22)6-13(11)18/h4-7,10,22H,1-3,8-9H2,(H,19,20). The number of H-pyrrole nitrogens is 1. The van der Waals surface area contributed by atoms with Crippen molar-refractivity contribution in [2.75, 3.05) is 6.54 Å². The van der Waals surface area contributed by atoms with Gasteiger partial charge in [0.2, 0.25) is 0 Å². The van der Waals surface area contributed by atoms with Gasteiger partial charge in [0.25, 0.3) is 5.91 Å². The van der Waals surface area contributed by atoms with E-state index in [2.05, 4.69) is 26.1 Å². The van der Waals surface area contributed by atoms with E-state index in [1.54, 1.807) is 23.1 Å². The Bertz CT molecular complexity index is 715. The highest BCUT2D eigenvalue weighted by Crippen LogP contribution is 2.29. The molecule has 1 aliphatic rings. The van der Waals surface area contributed by atoms with Crippen molar-refractivity contribution in [3.63, 3.8) is 0 Å². The first-order valence-electron chi connectivity index (χ1n) is 7.50. The number of carbonyl (C=O) groups is 1. The number of nitrogens with one attached hydrogen (secondary N) is 1. The van der Waals surface area contributed by atoms with Crippen molar-refractivity contribution in [1.82, 2.24) is 15.1 Å². The van der Waals surface area contributed by atoms with Gasteiger partial charge in [-0.3, -0.25) is 9.89 Å². The Balaban J connectivity index is 1.81. The van der Waals surface area contributed by atoms with Crippen molar-refractivity contribution < 1.29 is 9.90 Å². The van der Waals surface area contributed by atoms with Crippen LogP contribution in [0.5, 0.6) is 5.75 Å². The lowest BCUT2D eigenvalue weighted by Crippen LogP contribution is -2.37. The number of aromatic amines is 1. The van der Waals surface area contributed by atoms with Gasteiger partial charge in [-0.2, -0.15) is 5.10 Å². The van der Waals surface area contributed by atoms with Crippen LogP contribution >= 0.6 is 27.5 Å². The highest BCUT2D eigenvalue weighted by atomic mass is 79.9. The molecule has 1 aromatic heterocycles. The number of rotatable bonds is 5. The Morgan fingerprint density at radius 3 is 2.78 bits per heavy atom. The van der Waals surface area contributed by atoms with Crippen LogP contribution in [0.1, 0.15) is 35.3 Å². The van der Waals surface area contributed by atoms with Crippen molar-refractivity contribution in [3.05, 3.63) is 45.1 Å². The minimum Gasteiger partial charge on any atom is -0.508 e. The molecule has 3 rings (SSSR count). The molecular weight excluding hydrogens is 382 g/mol. The first-order valence-corrected chi connectivity index (χ1v) is 8.67. The normalized spacial score (nSPS) is 14.5. The average molecular weight is 399 g/mol. The quantitative estimate of drug-likeness (QED) is 0.800. The lowest BCUT2D eigenvalue weighted by molar-refractivity contribution is 0.0674. The second kappa shape index (κ2) is 6.93.